The average Bonchev–Trinajstić information content (AvgIpc) is 3.11. The largest absolute Gasteiger partial charge is 0.463 e. The highest BCUT2D eigenvalue weighted by molar-refractivity contribution is 6.34. The van der Waals surface area contributed by atoms with Crippen LogP contribution in [0.2, 0.25) is 0 Å². The van der Waals surface area contributed by atoms with Gasteiger partial charge in [0.15, 0.2) is 0 Å². The molecule has 116 valence electrons. The molecule has 1 aromatic rings. The summed E-state index contributed by atoms with van der Waals surface area (Å²) in [6, 6.07) is 7.67. The molecule has 1 heterocycles. The highest BCUT2D eigenvalue weighted by Crippen LogP contribution is 2.38. The van der Waals surface area contributed by atoms with E-state index in [-0.39, 0.29) is 5.91 Å². The van der Waals surface area contributed by atoms with Crippen LogP contribution in [0.1, 0.15) is 38.2 Å². The number of rotatable bonds is 4. The van der Waals surface area contributed by atoms with Crippen LogP contribution in [0.15, 0.2) is 30.3 Å². The first-order valence-electron chi connectivity index (χ1n) is 8.00. The van der Waals surface area contributed by atoms with E-state index in [0.717, 1.165) is 17.8 Å². The number of nitrogens with zero attached hydrogens (tertiary/aromatic N) is 1. The van der Waals surface area contributed by atoms with Gasteiger partial charge < -0.3 is 9.64 Å². The molecule has 0 radical (unpaired) electrons. The second kappa shape index (κ2) is 6.34. The van der Waals surface area contributed by atoms with Crippen LogP contribution >= 0.6 is 0 Å². The maximum atomic E-state index is 12.7. The fraction of sp³-hybridized carbons (Fsp3) is 0.444. The molecule has 4 nitrogen and oxygen atoms in total. The molecule has 1 fully saturated rings. The molecule has 22 heavy (non-hydrogen) atoms. The molecule has 0 saturated heterocycles. The minimum absolute atomic E-state index is 0.0823. The number of anilines is 1. The van der Waals surface area contributed by atoms with E-state index in [1.54, 1.807) is 6.92 Å². The van der Waals surface area contributed by atoms with Gasteiger partial charge in [-0.25, -0.2) is 4.79 Å². The summed E-state index contributed by atoms with van der Waals surface area (Å²) in [6.45, 7) is 2.81. The van der Waals surface area contributed by atoms with E-state index in [1.165, 1.54) is 31.8 Å². The summed E-state index contributed by atoms with van der Waals surface area (Å²) in [5.74, 6) is 0.0310. The highest BCUT2D eigenvalue weighted by atomic mass is 16.5. The maximum Gasteiger partial charge on any atom is 0.331 e. The number of amides is 1. The summed E-state index contributed by atoms with van der Waals surface area (Å²) in [4.78, 5) is 26.3. The van der Waals surface area contributed by atoms with E-state index in [1.807, 2.05) is 29.2 Å². The van der Waals surface area contributed by atoms with Crippen molar-refractivity contribution in [2.75, 3.05) is 18.1 Å². The molecule has 0 atom stereocenters. The minimum atomic E-state index is -0.455. The number of ether oxygens (including phenoxy) is 1. The first kappa shape index (κ1) is 14.8. The van der Waals surface area contributed by atoms with Crippen molar-refractivity contribution in [3.05, 3.63) is 35.9 Å². The third-order valence-electron chi connectivity index (χ3n) is 4.42. The van der Waals surface area contributed by atoms with Gasteiger partial charge in [0.25, 0.3) is 5.91 Å². The molecule has 1 amide bonds. The number of para-hydroxylation sites is 1. The Hall–Kier alpha value is -2.10. The van der Waals surface area contributed by atoms with Gasteiger partial charge in [-0.2, -0.15) is 0 Å². The maximum absolute atomic E-state index is 12.7. The monoisotopic (exact) mass is 299 g/mol. The van der Waals surface area contributed by atoms with Gasteiger partial charge in [0.2, 0.25) is 0 Å². The minimum Gasteiger partial charge on any atom is -0.463 e. The second-order valence-electron chi connectivity index (χ2n) is 5.89. The average molecular weight is 299 g/mol. The smallest absolute Gasteiger partial charge is 0.331 e. The zero-order chi connectivity index (χ0) is 15.5. The third kappa shape index (κ3) is 2.78. The van der Waals surface area contributed by atoms with Crippen molar-refractivity contribution in [1.82, 2.24) is 0 Å². The predicted molar refractivity (Wildman–Crippen MR) is 85.4 cm³/mol. The summed E-state index contributed by atoms with van der Waals surface area (Å²) >= 11 is 0. The topological polar surface area (TPSA) is 46.6 Å². The van der Waals surface area contributed by atoms with Crippen LogP contribution in [-0.4, -0.2) is 25.0 Å². The zero-order valence-corrected chi connectivity index (χ0v) is 12.9. The fourth-order valence-electron chi connectivity index (χ4n) is 3.38. The van der Waals surface area contributed by atoms with Crippen molar-refractivity contribution in [3.8, 4) is 0 Å². The predicted octanol–water partition coefficient (Wildman–Crippen LogP) is 3.17. The van der Waals surface area contributed by atoms with Gasteiger partial charge in [-0.05, 0) is 31.7 Å². The van der Waals surface area contributed by atoms with Crippen molar-refractivity contribution >= 4 is 23.1 Å². The third-order valence-corrected chi connectivity index (χ3v) is 4.42. The van der Waals surface area contributed by atoms with E-state index < -0.39 is 5.97 Å². The molecule has 2 aliphatic rings. The van der Waals surface area contributed by atoms with Gasteiger partial charge in [0.1, 0.15) is 0 Å². The van der Waals surface area contributed by atoms with E-state index >= 15 is 0 Å². The van der Waals surface area contributed by atoms with Crippen molar-refractivity contribution < 1.29 is 14.3 Å². The van der Waals surface area contributed by atoms with Gasteiger partial charge >= 0.3 is 5.97 Å². The van der Waals surface area contributed by atoms with E-state index in [9.17, 15) is 9.59 Å². The lowest BCUT2D eigenvalue weighted by molar-refractivity contribution is -0.137. The summed E-state index contributed by atoms with van der Waals surface area (Å²) in [5.41, 5.74) is 2.19. The number of hydrogen-bond donors (Lipinski definition) is 0. The Bertz CT molecular complexity index is 615. The van der Waals surface area contributed by atoms with Crippen LogP contribution in [0.25, 0.3) is 5.57 Å². The normalized spacial score (nSPS) is 19.8. The van der Waals surface area contributed by atoms with Crippen LogP contribution in [0.4, 0.5) is 5.69 Å². The zero-order valence-electron chi connectivity index (χ0n) is 12.9. The molecule has 4 heteroatoms. The van der Waals surface area contributed by atoms with E-state index in [2.05, 4.69) is 0 Å². The van der Waals surface area contributed by atoms with E-state index in [0.29, 0.717) is 18.1 Å². The van der Waals surface area contributed by atoms with Crippen molar-refractivity contribution in [2.45, 2.75) is 32.6 Å². The Morgan fingerprint density at radius 3 is 2.77 bits per heavy atom. The van der Waals surface area contributed by atoms with Crippen molar-refractivity contribution in [2.24, 2.45) is 5.92 Å². The fourth-order valence-corrected chi connectivity index (χ4v) is 3.38. The molecule has 0 bridgehead atoms. The number of carbonyl (C=O) groups excluding carboxylic acids is 2. The van der Waals surface area contributed by atoms with Gasteiger partial charge in [-0.15, -0.1) is 0 Å². The van der Waals surface area contributed by atoms with Crippen molar-refractivity contribution in [1.29, 1.82) is 0 Å². The molecule has 0 unspecified atom stereocenters. The molecule has 1 aliphatic carbocycles. The highest BCUT2D eigenvalue weighted by Gasteiger charge is 2.34. The molecular formula is C18H21NO3. The first-order chi connectivity index (χ1) is 10.7. The Labute approximate surface area is 130 Å². The van der Waals surface area contributed by atoms with Crippen LogP contribution in [-0.2, 0) is 14.3 Å². The molecular weight excluding hydrogens is 278 g/mol. The van der Waals surface area contributed by atoms with Crippen LogP contribution < -0.4 is 4.90 Å². The molecule has 1 aliphatic heterocycles. The second-order valence-corrected chi connectivity index (χ2v) is 5.89. The SMILES string of the molecule is CCOC(=O)C=C1C(=O)N(CC2CCCC2)c2ccccc21. The Kier molecular flexibility index (Phi) is 4.27. The van der Waals surface area contributed by atoms with Crippen molar-refractivity contribution in [3.63, 3.8) is 0 Å². The standard InChI is InChI=1S/C18H21NO3/c1-2-22-17(20)11-15-14-9-5-6-10-16(14)19(18(15)21)12-13-7-3-4-8-13/h5-6,9-11,13H,2-4,7-8,12H2,1H3. The van der Waals surface area contributed by atoms with Gasteiger partial charge in [-0.3, -0.25) is 4.79 Å². The van der Waals surface area contributed by atoms with E-state index in [4.69, 9.17) is 4.74 Å². The number of fused-ring (bicyclic) bond motifs is 1. The molecule has 0 N–H and O–H groups in total. The summed E-state index contributed by atoms with van der Waals surface area (Å²) < 4.78 is 4.95. The number of esters is 1. The summed E-state index contributed by atoms with van der Waals surface area (Å²) in [6.07, 6.45) is 6.20. The molecule has 0 spiro atoms. The van der Waals surface area contributed by atoms with Crippen LogP contribution in [0, 0.1) is 5.92 Å². The molecule has 1 aromatic carbocycles. The lowest BCUT2D eigenvalue weighted by Gasteiger charge is -2.21. The summed E-state index contributed by atoms with van der Waals surface area (Å²) in [7, 11) is 0. The molecule has 0 aromatic heterocycles. The van der Waals surface area contributed by atoms with Crippen LogP contribution in [0.3, 0.4) is 0 Å². The quantitative estimate of drug-likeness (QED) is 0.633. The number of carbonyl (C=O) groups is 2. The Morgan fingerprint density at radius 1 is 1.32 bits per heavy atom. The molecule has 1 saturated carbocycles. The lowest BCUT2D eigenvalue weighted by Crippen LogP contribution is -2.31. The summed E-state index contributed by atoms with van der Waals surface area (Å²) in [5, 5.41) is 0. The number of benzene rings is 1. The van der Waals surface area contributed by atoms with Gasteiger partial charge in [0, 0.05) is 18.2 Å². The lowest BCUT2D eigenvalue weighted by atomic mass is 10.1. The van der Waals surface area contributed by atoms with Crippen LogP contribution in [0.5, 0.6) is 0 Å². The molecule has 3 rings (SSSR count). The number of hydrogen-bond acceptors (Lipinski definition) is 3. The first-order valence-corrected chi connectivity index (χ1v) is 8.00. The van der Waals surface area contributed by atoms with Gasteiger partial charge in [-0.1, -0.05) is 31.0 Å². The Morgan fingerprint density at radius 2 is 2.05 bits per heavy atom. The Balaban J connectivity index is 1.90. The van der Waals surface area contributed by atoms with Gasteiger partial charge in [0.05, 0.1) is 17.9 Å².